The first-order valence-corrected chi connectivity index (χ1v) is 6.78. The number of hydrogen-bond acceptors (Lipinski definition) is 1. The average molecular weight is 275 g/mol. The Kier molecular flexibility index (Phi) is 4.50. The van der Waals surface area contributed by atoms with Crippen LogP contribution in [0.5, 0.6) is 0 Å². The summed E-state index contributed by atoms with van der Waals surface area (Å²) >= 11 is 0. The number of nitrogens with one attached hydrogen (secondary N) is 1. The molecule has 20 heavy (non-hydrogen) atoms. The Hall–Kier alpha value is -1.74. The van der Waals surface area contributed by atoms with E-state index >= 15 is 0 Å². The van der Waals surface area contributed by atoms with E-state index in [2.05, 4.69) is 5.32 Å². The Morgan fingerprint density at radius 2 is 1.75 bits per heavy atom. The van der Waals surface area contributed by atoms with Gasteiger partial charge in [-0.05, 0) is 43.7 Å². The first-order valence-electron chi connectivity index (χ1n) is 6.78. The van der Waals surface area contributed by atoms with Crippen molar-refractivity contribution >= 4 is 0 Å². The summed E-state index contributed by atoms with van der Waals surface area (Å²) in [6.07, 6.45) is 0. The van der Waals surface area contributed by atoms with E-state index in [0.717, 1.165) is 11.1 Å². The first-order chi connectivity index (χ1) is 9.52. The summed E-state index contributed by atoms with van der Waals surface area (Å²) in [5, 5.41) is 3.22. The van der Waals surface area contributed by atoms with Crippen LogP contribution in [0.25, 0.3) is 0 Å². The Morgan fingerprint density at radius 1 is 1.00 bits per heavy atom. The van der Waals surface area contributed by atoms with Gasteiger partial charge in [0.1, 0.15) is 11.6 Å². The topological polar surface area (TPSA) is 12.0 Å². The van der Waals surface area contributed by atoms with Crippen LogP contribution in [-0.2, 0) is 0 Å². The summed E-state index contributed by atoms with van der Waals surface area (Å²) in [6, 6.07) is 9.70. The quantitative estimate of drug-likeness (QED) is 0.878. The summed E-state index contributed by atoms with van der Waals surface area (Å²) in [7, 11) is 0. The van der Waals surface area contributed by atoms with Gasteiger partial charge in [0.2, 0.25) is 0 Å². The van der Waals surface area contributed by atoms with Crippen molar-refractivity contribution in [3.05, 3.63) is 70.3 Å². The molecule has 0 bridgehead atoms. The van der Waals surface area contributed by atoms with Gasteiger partial charge in [0, 0.05) is 5.56 Å². The van der Waals surface area contributed by atoms with Crippen molar-refractivity contribution in [3.8, 4) is 0 Å². The lowest BCUT2D eigenvalue weighted by molar-refractivity contribution is 0.553. The van der Waals surface area contributed by atoms with E-state index in [-0.39, 0.29) is 17.7 Å². The molecule has 0 spiro atoms. The molecule has 0 saturated carbocycles. The molecule has 2 aromatic rings. The maximum Gasteiger partial charge on any atom is 0.128 e. The molecule has 0 aliphatic rings. The Morgan fingerprint density at radius 3 is 2.40 bits per heavy atom. The lowest BCUT2D eigenvalue weighted by atomic mass is 9.96. The van der Waals surface area contributed by atoms with Crippen molar-refractivity contribution in [1.29, 1.82) is 0 Å². The van der Waals surface area contributed by atoms with E-state index in [1.54, 1.807) is 25.1 Å². The molecular weight excluding hydrogens is 256 g/mol. The van der Waals surface area contributed by atoms with Gasteiger partial charge in [0.25, 0.3) is 0 Å². The molecule has 1 unspecified atom stereocenters. The van der Waals surface area contributed by atoms with E-state index in [1.807, 2.05) is 19.9 Å². The van der Waals surface area contributed by atoms with Crippen LogP contribution in [0.4, 0.5) is 8.78 Å². The average Bonchev–Trinajstić information content (AvgIpc) is 2.42. The molecule has 0 saturated heterocycles. The van der Waals surface area contributed by atoms with Gasteiger partial charge in [-0.3, -0.25) is 0 Å². The molecule has 0 amide bonds. The van der Waals surface area contributed by atoms with Crippen molar-refractivity contribution in [3.63, 3.8) is 0 Å². The Labute approximate surface area is 118 Å². The molecule has 0 radical (unpaired) electrons. The molecule has 106 valence electrons. The molecule has 0 fully saturated rings. The Balaban J connectivity index is 2.49. The third-order valence-electron chi connectivity index (χ3n) is 3.40. The van der Waals surface area contributed by atoms with E-state index in [9.17, 15) is 8.78 Å². The molecule has 1 nitrogen and oxygen atoms in total. The second kappa shape index (κ2) is 6.14. The highest BCUT2D eigenvalue weighted by atomic mass is 19.1. The van der Waals surface area contributed by atoms with Crippen molar-refractivity contribution in [2.45, 2.75) is 26.8 Å². The van der Waals surface area contributed by atoms with Crippen LogP contribution in [-0.4, -0.2) is 6.54 Å². The molecule has 1 N–H and O–H groups in total. The summed E-state index contributed by atoms with van der Waals surface area (Å²) in [5.41, 5.74) is 2.86. The van der Waals surface area contributed by atoms with Gasteiger partial charge in [0.05, 0.1) is 6.04 Å². The van der Waals surface area contributed by atoms with E-state index in [4.69, 9.17) is 0 Å². The molecule has 2 aromatic carbocycles. The minimum Gasteiger partial charge on any atom is -0.306 e. The lowest BCUT2D eigenvalue weighted by Gasteiger charge is -2.20. The van der Waals surface area contributed by atoms with Crippen molar-refractivity contribution < 1.29 is 8.78 Å². The van der Waals surface area contributed by atoms with Crippen LogP contribution in [0.3, 0.4) is 0 Å². The van der Waals surface area contributed by atoms with Crippen LogP contribution in [0, 0.1) is 25.5 Å². The zero-order valence-electron chi connectivity index (χ0n) is 12.0. The third-order valence-corrected chi connectivity index (χ3v) is 3.40. The van der Waals surface area contributed by atoms with Crippen LogP contribution in [0.1, 0.15) is 35.2 Å². The van der Waals surface area contributed by atoms with Gasteiger partial charge < -0.3 is 5.32 Å². The fourth-order valence-electron chi connectivity index (χ4n) is 2.28. The largest absolute Gasteiger partial charge is 0.306 e. The minimum atomic E-state index is -0.338. The molecular formula is C17H19F2N. The second-order valence-corrected chi connectivity index (χ2v) is 5.02. The van der Waals surface area contributed by atoms with Crippen molar-refractivity contribution in [1.82, 2.24) is 5.32 Å². The van der Waals surface area contributed by atoms with Gasteiger partial charge in [-0.25, -0.2) is 8.78 Å². The summed E-state index contributed by atoms with van der Waals surface area (Å²) < 4.78 is 27.8. The first kappa shape index (κ1) is 14.7. The smallest absolute Gasteiger partial charge is 0.128 e. The summed E-state index contributed by atoms with van der Waals surface area (Å²) in [6.45, 7) is 6.26. The number of halogens is 2. The molecule has 0 aliphatic carbocycles. The van der Waals surface area contributed by atoms with E-state index < -0.39 is 0 Å². The predicted molar refractivity (Wildman–Crippen MR) is 77.8 cm³/mol. The highest BCUT2D eigenvalue weighted by molar-refractivity contribution is 5.36. The van der Waals surface area contributed by atoms with Gasteiger partial charge in [-0.2, -0.15) is 0 Å². The molecule has 2 rings (SSSR count). The predicted octanol–water partition coefficient (Wildman–Crippen LogP) is 4.28. The molecule has 1 atom stereocenters. The fourth-order valence-corrected chi connectivity index (χ4v) is 2.28. The Bertz CT molecular complexity index is 608. The van der Waals surface area contributed by atoms with Gasteiger partial charge in [-0.15, -0.1) is 0 Å². The monoisotopic (exact) mass is 275 g/mol. The SMILES string of the molecule is CCNC(c1ccc(C)c(F)c1)c1cc(C)ccc1F. The molecule has 0 heterocycles. The highest BCUT2D eigenvalue weighted by Crippen LogP contribution is 2.26. The summed E-state index contributed by atoms with van der Waals surface area (Å²) in [5.74, 6) is -0.541. The van der Waals surface area contributed by atoms with Crippen molar-refractivity contribution in [2.24, 2.45) is 0 Å². The van der Waals surface area contributed by atoms with E-state index in [1.165, 1.54) is 12.1 Å². The maximum absolute atomic E-state index is 14.1. The number of aryl methyl sites for hydroxylation is 2. The van der Waals surface area contributed by atoms with Gasteiger partial charge >= 0.3 is 0 Å². The zero-order valence-corrected chi connectivity index (χ0v) is 12.0. The second-order valence-electron chi connectivity index (χ2n) is 5.02. The standard InChI is InChI=1S/C17H19F2N/c1-4-20-17(13-7-6-12(3)16(19)10-13)14-9-11(2)5-8-15(14)18/h5-10,17,20H,4H2,1-3H3. The van der Waals surface area contributed by atoms with Crippen LogP contribution in [0.15, 0.2) is 36.4 Å². The molecule has 3 heteroatoms. The van der Waals surface area contributed by atoms with Crippen LogP contribution in [0.2, 0.25) is 0 Å². The number of hydrogen-bond donors (Lipinski definition) is 1. The maximum atomic E-state index is 14.1. The van der Waals surface area contributed by atoms with Crippen LogP contribution >= 0.6 is 0 Å². The van der Waals surface area contributed by atoms with Crippen LogP contribution < -0.4 is 5.32 Å². The normalized spacial score (nSPS) is 12.4. The minimum absolute atomic E-state index is 0.265. The lowest BCUT2D eigenvalue weighted by Crippen LogP contribution is -2.23. The zero-order chi connectivity index (χ0) is 14.7. The number of benzene rings is 2. The highest BCUT2D eigenvalue weighted by Gasteiger charge is 2.18. The molecule has 0 aliphatic heterocycles. The summed E-state index contributed by atoms with van der Waals surface area (Å²) in [4.78, 5) is 0. The third kappa shape index (κ3) is 3.05. The van der Waals surface area contributed by atoms with Gasteiger partial charge in [0.15, 0.2) is 0 Å². The van der Waals surface area contributed by atoms with E-state index in [0.29, 0.717) is 17.7 Å². The molecule has 0 aromatic heterocycles. The van der Waals surface area contributed by atoms with Crippen molar-refractivity contribution in [2.75, 3.05) is 6.54 Å². The number of rotatable bonds is 4. The van der Waals surface area contributed by atoms with Gasteiger partial charge in [-0.1, -0.05) is 36.8 Å². The fraction of sp³-hybridized carbons (Fsp3) is 0.294.